The van der Waals surface area contributed by atoms with E-state index in [0.29, 0.717) is 103 Å². The number of halogens is 2. The van der Waals surface area contributed by atoms with Crippen LogP contribution in [0.4, 0.5) is 25.4 Å². The van der Waals surface area contributed by atoms with Crippen molar-refractivity contribution < 1.29 is 33.1 Å². The molecule has 10 rings (SSSR count). The van der Waals surface area contributed by atoms with Crippen LogP contribution in [0.3, 0.4) is 0 Å². The number of amides is 4. The lowest BCUT2D eigenvalue weighted by Gasteiger charge is -2.40. The molecule has 3 saturated heterocycles. The Morgan fingerprint density at radius 3 is 2.51 bits per heavy atom. The molecule has 19 heteroatoms. The lowest BCUT2D eigenvalue weighted by molar-refractivity contribution is -0.138. The van der Waals surface area contributed by atoms with Crippen LogP contribution < -0.4 is 20.9 Å². The predicted octanol–water partition coefficient (Wildman–Crippen LogP) is 5.55. The van der Waals surface area contributed by atoms with Gasteiger partial charge in [0.2, 0.25) is 17.7 Å². The molecule has 0 bridgehead atoms. The summed E-state index contributed by atoms with van der Waals surface area (Å²) in [6, 6.07) is 10.2. The van der Waals surface area contributed by atoms with Crippen LogP contribution in [-0.4, -0.2) is 101 Å². The molecule has 4 aliphatic rings. The summed E-state index contributed by atoms with van der Waals surface area (Å²) >= 11 is 1.30. The van der Waals surface area contributed by atoms with Gasteiger partial charge in [-0.25, -0.2) is 23.7 Å². The van der Waals surface area contributed by atoms with E-state index in [-0.39, 0.29) is 47.7 Å². The van der Waals surface area contributed by atoms with Gasteiger partial charge >= 0.3 is 0 Å². The summed E-state index contributed by atoms with van der Waals surface area (Å²) in [4.78, 5) is 68.1. The van der Waals surface area contributed by atoms with Crippen LogP contribution in [0.15, 0.2) is 72.8 Å². The number of aryl methyl sites for hydroxylation is 1. The average Bonchev–Trinajstić information content (AvgIpc) is 4.13. The van der Waals surface area contributed by atoms with Gasteiger partial charge in [-0.1, -0.05) is 6.07 Å². The van der Waals surface area contributed by atoms with E-state index in [1.54, 1.807) is 53.4 Å². The lowest BCUT2D eigenvalue weighted by atomic mass is 9.86. The summed E-state index contributed by atoms with van der Waals surface area (Å²) in [7, 11) is 0. The van der Waals surface area contributed by atoms with Crippen molar-refractivity contribution in [2.24, 2.45) is 0 Å². The van der Waals surface area contributed by atoms with Crippen molar-refractivity contribution in [3.63, 3.8) is 0 Å². The van der Waals surface area contributed by atoms with Crippen molar-refractivity contribution in [1.29, 1.82) is 0 Å². The minimum atomic E-state index is -1.17. The van der Waals surface area contributed by atoms with Crippen LogP contribution in [0.1, 0.15) is 80.3 Å². The minimum Gasteiger partial charge on any atom is -0.389 e. The van der Waals surface area contributed by atoms with Crippen molar-refractivity contribution in [1.82, 2.24) is 39.5 Å². The van der Waals surface area contributed by atoms with Crippen LogP contribution in [0.25, 0.3) is 22.0 Å². The number of fused-ring (bicyclic) bond motifs is 2. The van der Waals surface area contributed by atoms with Gasteiger partial charge in [0.15, 0.2) is 11.2 Å². The number of nitrogens with zero attached hydrogens (tertiary/aromatic N) is 8. The SMILES string of the molecule is O=C1CC[C@H](Nc2ccc(C3CCN(C(=O)CC4(O)CCN(c5ccc(-c6cc(F)c7cn(C(C(=O)Nc8nccs8)c8ncn9c8CCC9)nc7c6)cn5)CC4)CC3)c(F)c2)C(=O)N1. The Bertz CT molecular complexity index is 2780. The number of hydrogen-bond acceptors (Lipinski definition) is 12. The van der Waals surface area contributed by atoms with Gasteiger partial charge in [0.05, 0.1) is 34.9 Å². The molecule has 1 unspecified atom stereocenters. The topological polar surface area (TPSA) is 192 Å². The number of thiazole rings is 1. The highest BCUT2D eigenvalue weighted by atomic mass is 32.1. The number of piperidine rings is 3. The van der Waals surface area contributed by atoms with E-state index in [1.165, 1.54) is 28.2 Å². The number of imidazole rings is 1. The van der Waals surface area contributed by atoms with Crippen LogP contribution in [0.2, 0.25) is 0 Å². The van der Waals surface area contributed by atoms with E-state index in [4.69, 9.17) is 10.1 Å². The van der Waals surface area contributed by atoms with Gasteiger partial charge in [0.25, 0.3) is 5.91 Å². The molecule has 8 heterocycles. The second-order valence-corrected chi connectivity index (χ2v) is 18.3. The van der Waals surface area contributed by atoms with Gasteiger partial charge in [0.1, 0.15) is 23.5 Å². The van der Waals surface area contributed by atoms with Gasteiger partial charge < -0.3 is 24.8 Å². The van der Waals surface area contributed by atoms with Crippen LogP contribution >= 0.6 is 11.3 Å². The Balaban J connectivity index is 0.744. The van der Waals surface area contributed by atoms with Gasteiger partial charge in [-0.05, 0) is 98.4 Å². The number of hydrogen-bond donors (Lipinski definition) is 4. The standard InChI is InChI=1S/C46H47F2N11O5S/c47-33-20-29(21-36-32(33)25-59(55-36)42(44(63)54-45-49-13-19-65-45)41-37-2-1-14-58(37)26-51-41)28-3-7-38(50-24-28)56-17-11-46(64,12-18-56)23-40(61)57-15-9-27(10-16-57)31-5-4-30(22-34(31)48)52-35-6-8-39(60)53-43(35)62/h3-5,7,13,19-22,24-27,35,42,52,64H,1-2,6,8-12,14-18,23H2,(H,49,54,63)(H,53,60,62)/t35-,42?/m0/s1. The first-order valence-corrected chi connectivity index (χ1v) is 22.9. The van der Waals surface area contributed by atoms with Gasteiger partial charge in [0, 0.05) is 80.1 Å². The van der Waals surface area contributed by atoms with Crippen molar-refractivity contribution >= 4 is 62.5 Å². The Labute approximate surface area is 376 Å². The van der Waals surface area contributed by atoms with E-state index in [2.05, 4.69) is 30.8 Å². The molecule has 0 radical (unpaired) electrons. The van der Waals surface area contributed by atoms with Crippen molar-refractivity contribution in [2.75, 3.05) is 41.7 Å². The van der Waals surface area contributed by atoms with Crippen LogP contribution in [0, 0.1) is 11.6 Å². The highest BCUT2D eigenvalue weighted by Gasteiger charge is 2.38. The molecule has 2 aromatic carbocycles. The highest BCUT2D eigenvalue weighted by molar-refractivity contribution is 7.13. The van der Waals surface area contributed by atoms with E-state index in [9.17, 15) is 24.3 Å². The zero-order chi connectivity index (χ0) is 44.8. The van der Waals surface area contributed by atoms with Crippen molar-refractivity contribution in [2.45, 2.75) is 87.9 Å². The normalized spacial score (nSPS) is 19.3. The van der Waals surface area contributed by atoms with E-state index in [1.807, 2.05) is 16.7 Å². The Hall–Kier alpha value is -6.60. The number of carbonyl (C=O) groups is 4. The first-order valence-electron chi connectivity index (χ1n) is 22.0. The van der Waals surface area contributed by atoms with Crippen molar-refractivity contribution in [3.05, 3.63) is 101 Å². The monoisotopic (exact) mass is 903 g/mol. The Kier molecular flexibility index (Phi) is 11.3. The summed E-state index contributed by atoms with van der Waals surface area (Å²) in [5, 5.41) is 26.9. The van der Waals surface area contributed by atoms with E-state index < -0.39 is 29.4 Å². The molecule has 2 atom stereocenters. The molecular weight excluding hydrogens is 857 g/mol. The number of pyridine rings is 1. The Morgan fingerprint density at radius 1 is 0.938 bits per heavy atom. The number of rotatable bonds is 11. The third kappa shape index (κ3) is 8.69. The minimum absolute atomic E-state index is 0.00156. The number of carbonyl (C=O) groups excluding carboxylic acids is 4. The molecule has 0 saturated carbocycles. The first-order chi connectivity index (χ1) is 31.5. The lowest BCUT2D eigenvalue weighted by Crippen LogP contribution is -2.48. The fourth-order valence-corrected chi connectivity index (χ4v) is 10.2. The number of nitrogens with one attached hydrogen (secondary N) is 3. The molecule has 4 aromatic heterocycles. The van der Waals surface area contributed by atoms with E-state index >= 15 is 8.78 Å². The summed E-state index contributed by atoms with van der Waals surface area (Å²) in [6.07, 6.45) is 10.8. The second-order valence-electron chi connectivity index (χ2n) is 17.4. The maximum absolute atomic E-state index is 15.8. The molecular formula is C46H47F2N11O5S. The highest BCUT2D eigenvalue weighted by Crippen LogP contribution is 2.36. The molecule has 0 aliphatic carbocycles. The first kappa shape index (κ1) is 42.4. The second kappa shape index (κ2) is 17.4. The van der Waals surface area contributed by atoms with Crippen LogP contribution in [-0.2, 0) is 32.1 Å². The molecule has 6 aromatic rings. The average molecular weight is 904 g/mol. The summed E-state index contributed by atoms with van der Waals surface area (Å²) < 4.78 is 34.6. The van der Waals surface area contributed by atoms with Crippen LogP contribution in [0.5, 0.6) is 0 Å². The molecule has 65 heavy (non-hydrogen) atoms. The number of aromatic nitrogens is 6. The van der Waals surface area contributed by atoms with Crippen molar-refractivity contribution in [3.8, 4) is 11.1 Å². The Morgan fingerprint density at radius 2 is 1.77 bits per heavy atom. The number of aliphatic hydroxyl groups is 1. The fourth-order valence-electron chi connectivity index (χ4n) is 9.65. The van der Waals surface area contributed by atoms with E-state index in [0.717, 1.165) is 25.1 Å². The number of likely N-dealkylation sites (tertiary alicyclic amines) is 1. The molecule has 3 fully saturated rings. The van der Waals surface area contributed by atoms with Gasteiger partial charge in [-0.15, -0.1) is 11.3 Å². The maximum atomic E-state index is 15.8. The molecule has 16 nitrogen and oxygen atoms in total. The third-order valence-electron chi connectivity index (χ3n) is 13.3. The molecule has 4 aliphatic heterocycles. The van der Waals surface area contributed by atoms with Gasteiger partial charge in [-0.2, -0.15) is 5.10 Å². The maximum Gasteiger partial charge on any atom is 0.257 e. The third-order valence-corrected chi connectivity index (χ3v) is 14.0. The molecule has 336 valence electrons. The quantitative estimate of drug-likeness (QED) is 0.119. The predicted molar refractivity (Wildman–Crippen MR) is 238 cm³/mol. The smallest absolute Gasteiger partial charge is 0.257 e. The van der Waals surface area contributed by atoms with Gasteiger partial charge in [-0.3, -0.25) is 34.5 Å². The zero-order valence-electron chi connectivity index (χ0n) is 35.4. The number of benzene rings is 2. The largest absolute Gasteiger partial charge is 0.389 e. The number of anilines is 3. The summed E-state index contributed by atoms with van der Waals surface area (Å²) in [6.45, 7) is 2.70. The fraction of sp³-hybridized carbons (Fsp3) is 0.391. The molecule has 4 amide bonds. The summed E-state index contributed by atoms with van der Waals surface area (Å²) in [5.41, 5.74) is 3.02. The summed E-state index contributed by atoms with van der Waals surface area (Å²) in [5.74, 6) is -1.48. The zero-order valence-corrected chi connectivity index (χ0v) is 36.2. The number of imide groups is 1. The molecule has 4 N–H and O–H groups in total. The molecule has 0 spiro atoms.